The van der Waals surface area contributed by atoms with E-state index in [4.69, 9.17) is 4.74 Å². The number of anilines is 1. The maximum absolute atomic E-state index is 11.6. The number of carbonyl (C=O) groups excluding carboxylic acids is 1. The molecule has 1 saturated heterocycles. The minimum Gasteiger partial charge on any atom is -0.465 e. The minimum atomic E-state index is -0.687. The Morgan fingerprint density at radius 2 is 2.22 bits per heavy atom. The zero-order valence-electron chi connectivity index (χ0n) is 10.2. The molecule has 2 rings (SSSR count). The van der Waals surface area contributed by atoms with E-state index in [-0.39, 0.29) is 6.04 Å². The predicted molar refractivity (Wildman–Crippen MR) is 70.1 cm³/mol. The molecule has 0 spiro atoms. The highest BCUT2D eigenvalue weighted by molar-refractivity contribution is 7.85. The van der Waals surface area contributed by atoms with Crippen LogP contribution in [0, 0.1) is 0 Å². The van der Waals surface area contributed by atoms with Gasteiger partial charge in [0.2, 0.25) is 0 Å². The van der Waals surface area contributed by atoms with E-state index in [0.29, 0.717) is 22.9 Å². The summed E-state index contributed by atoms with van der Waals surface area (Å²) in [5, 5.41) is 3.24. The molecule has 0 aliphatic carbocycles. The van der Waals surface area contributed by atoms with Gasteiger partial charge in [-0.1, -0.05) is 0 Å². The highest BCUT2D eigenvalue weighted by Gasteiger charge is 2.20. The number of methoxy groups -OCH3 is 1. The first-order valence-corrected chi connectivity index (χ1v) is 7.34. The molecule has 2 heterocycles. The zero-order valence-corrected chi connectivity index (χ0v) is 11.0. The Labute approximate surface area is 108 Å². The first kappa shape index (κ1) is 13.0. The molecule has 98 valence electrons. The smallest absolute Gasteiger partial charge is 0.341 e. The van der Waals surface area contributed by atoms with Crippen LogP contribution in [0.15, 0.2) is 18.3 Å². The van der Waals surface area contributed by atoms with Crippen molar-refractivity contribution in [2.24, 2.45) is 0 Å². The van der Waals surface area contributed by atoms with E-state index < -0.39 is 16.8 Å². The number of hydrogen-bond donors (Lipinski definition) is 1. The normalized spacial score (nSPS) is 23.4. The lowest BCUT2D eigenvalue weighted by Gasteiger charge is -2.23. The maximum Gasteiger partial charge on any atom is 0.341 e. The third kappa shape index (κ3) is 3.07. The highest BCUT2D eigenvalue weighted by Crippen LogP contribution is 2.18. The van der Waals surface area contributed by atoms with Gasteiger partial charge in [0.15, 0.2) is 0 Å². The van der Waals surface area contributed by atoms with Crippen LogP contribution in [-0.2, 0) is 15.5 Å². The van der Waals surface area contributed by atoms with Crippen LogP contribution in [0.25, 0.3) is 0 Å². The van der Waals surface area contributed by atoms with Crippen molar-refractivity contribution in [2.75, 3.05) is 23.9 Å². The number of esters is 1. The van der Waals surface area contributed by atoms with Gasteiger partial charge in [0.05, 0.1) is 7.11 Å². The van der Waals surface area contributed by atoms with Gasteiger partial charge in [-0.3, -0.25) is 4.21 Å². The van der Waals surface area contributed by atoms with Crippen LogP contribution in [0.2, 0.25) is 0 Å². The number of rotatable bonds is 3. The number of nitrogens with zero attached hydrogens (tertiary/aromatic N) is 1. The lowest BCUT2D eigenvalue weighted by Crippen LogP contribution is -2.30. The maximum atomic E-state index is 11.6. The van der Waals surface area contributed by atoms with Crippen molar-refractivity contribution in [3.8, 4) is 0 Å². The molecule has 0 bridgehead atoms. The predicted octanol–water partition coefficient (Wildman–Crippen LogP) is 1.19. The molecular formula is C12H16N2O3S. The third-order valence-corrected chi connectivity index (χ3v) is 4.32. The number of aromatic nitrogens is 1. The fourth-order valence-corrected chi connectivity index (χ4v) is 3.23. The number of ether oxygens (including phenoxy) is 1. The molecule has 18 heavy (non-hydrogen) atoms. The lowest BCUT2D eigenvalue weighted by molar-refractivity contribution is 0.0601. The minimum absolute atomic E-state index is 0.223. The number of pyridine rings is 1. The average Bonchev–Trinajstić information content (AvgIpc) is 2.41. The van der Waals surface area contributed by atoms with Gasteiger partial charge in [0.25, 0.3) is 0 Å². The van der Waals surface area contributed by atoms with Gasteiger partial charge >= 0.3 is 5.97 Å². The van der Waals surface area contributed by atoms with Crippen LogP contribution in [0.1, 0.15) is 23.2 Å². The summed E-state index contributed by atoms with van der Waals surface area (Å²) in [7, 11) is 0.663. The van der Waals surface area contributed by atoms with Crippen LogP contribution in [0.5, 0.6) is 0 Å². The van der Waals surface area contributed by atoms with Gasteiger partial charge in [-0.05, 0) is 25.0 Å². The summed E-state index contributed by atoms with van der Waals surface area (Å²) in [5.74, 6) is 1.56. The van der Waals surface area contributed by atoms with Crippen LogP contribution >= 0.6 is 0 Å². The molecule has 5 nitrogen and oxygen atoms in total. The first-order chi connectivity index (χ1) is 8.70. The second-order valence-corrected chi connectivity index (χ2v) is 5.85. The summed E-state index contributed by atoms with van der Waals surface area (Å²) in [6.07, 6.45) is 3.31. The Bertz CT molecular complexity index is 454. The summed E-state index contributed by atoms with van der Waals surface area (Å²) in [6.45, 7) is 0. The molecule has 0 aromatic carbocycles. The summed E-state index contributed by atoms with van der Waals surface area (Å²) in [4.78, 5) is 15.8. The van der Waals surface area contributed by atoms with Gasteiger partial charge in [-0.2, -0.15) is 0 Å². The van der Waals surface area contributed by atoms with Gasteiger partial charge in [-0.15, -0.1) is 0 Å². The number of nitrogens with one attached hydrogen (secondary N) is 1. The number of carbonyl (C=O) groups is 1. The molecule has 1 fully saturated rings. The number of hydrogen-bond acceptors (Lipinski definition) is 5. The SMILES string of the molecule is COC(=O)c1cccnc1NC1CCS(=O)CC1. The molecule has 0 amide bonds. The molecular weight excluding hydrogens is 252 g/mol. The Hall–Kier alpha value is -1.43. The highest BCUT2D eigenvalue weighted by atomic mass is 32.2. The van der Waals surface area contributed by atoms with E-state index in [2.05, 4.69) is 10.3 Å². The zero-order chi connectivity index (χ0) is 13.0. The van der Waals surface area contributed by atoms with Gasteiger partial charge in [0.1, 0.15) is 11.4 Å². The Morgan fingerprint density at radius 1 is 1.50 bits per heavy atom. The van der Waals surface area contributed by atoms with E-state index in [1.54, 1.807) is 18.3 Å². The molecule has 0 unspecified atom stereocenters. The van der Waals surface area contributed by atoms with Gasteiger partial charge in [-0.25, -0.2) is 9.78 Å². The topological polar surface area (TPSA) is 68.3 Å². The Kier molecular flexibility index (Phi) is 4.30. The molecule has 1 aromatic heterocycles. The molecule has 0 radical (unpaired) electrons. The molecule has 0 atom stereocenters. The largest absolute Gasteiger partial charge is 0.465 e. The fourth-order valence-electron chi connectivity index (χ4n) is 1.93. The van der Waals surface area contributed by atoms with Crippen molar-refractivity contribution < 1.29 is 13.7 Å². The van der Waals surface area contributed by atoms with Crippen molar-refractivity contribution in [1.82, 2.24) is 4.98 Å². The van der Waals surface area contributed by atoms with E-state index in [9.17, 15) is 9.00 Å². The van der Waals surface area contributed by atoms with Crippen LogP contribution in [0.3, 0.4) is 0 Å². The van der Waals surface area contributed by atoms with E-state index >= 15 is 0 Å². The van der Waals surface area contributed by atoms with Crippen molar-refractivity contribution >= 4 is 22.6 Å². The first-order valence-electron chi connectivity index (χ1n) is 5.85. The van der Waals surface area contributed by atoms with Crippen molar-refractivity contribution in [3.05, 3.63) is 23.9 Å². The molecule has 1 aliphatic heterocycles. The summed E-state index contributed by atoms with van der Waals surface area (Å²) in [5.41, 5.74) is 0.437. The monoisotopic (exact) mass is 268 g/mol. The Balaban J connectivity index is 2.09. The second-order valence-electron chi connectivity index (χ2n) is 4.16. The van der Waals surface area contributed by atoms with Crippen LogP contribution in [0.4, 0.5) is 5.82 Å². The molecule has 0 saturated carbocycles. The Morgan fingerprint density at radius 3 is 2.89 bits per heavy atom. The van der Waals surface area contributed by atoms with Crippen LogP contribution in [-0.4, -0.2) is 39.8 Å². The fraction of sp³-hybridized carbons (Fsp3) is 0.500. The average molecular weight is 268 g/mol. The van der Waals surface area contributed by atoms with E-state index in [1.165, 1.54) is 7.11 Å². The third-order valence-electron chi connectivity index (χ3n) is 2.94. The standard InChI is InChI=1S/C12H16N2O3S/c1-17-12(15)10-3-2-6-13-11(10)14-9-4-7-18(16)8-5-9/h2-3,6,9H,4-5,7-8H2,1H3,(H,13,14). The van der Waals surface area contributed by atoms with E-state index in [0.717, 1.165) is 12.8 Å². The van der Waals surface area contributed by atoms with E-state index in [1.807, 2.05) is 0 Å². The summed E-state index contributed by atoms with van der Waals surface area (Å²) >= 11 is 0. The lowest BCUT2D eigenvalue weighted by atomic mass is 10.1. The quantitative estimate of drug-likeness (QED) is 0.834. The summed E-state index contributed by atoms with van der Waals surface area (Å²) in [6, 6.07) is 3.61. The molecule has 1 N–H and O–H groups in total. The van der Waals surface area contributed by atoms with Crippen LogP contribution < -0.4 is 5.32 Å². The second kappa shape index (κ2) is 5.95. The summed E-state index contributed by atoms with van der Waals surface area (Å²) < 4.78 is 16.0. The van der Waals surface area contributed by atoms with Gasteiger partial charge in [0, 0.05) is 34.5 Å². The van der Waals surface area contributed by atoms with Crippen molar-refractivity contribution in [2.45, 2.75) is 18.9 Å². The molecule has 1 aliphatic rings. The van der Waals surface area contributed by atoms with Crippen molar-refractivity contribution in [3.63, 3.8) is 0 Å². The van der Waals surface area contributed by atoms with Crippen molar-refractivity contribution in [1.29, 1.82) is 0 Å². The van der Waals surface area contributed by atoms with Gasteiger partial charge < -0.3 is 10.1 Å². The molecule has 1 aromatic rings. The molecule has 6 heteroatoms.